The van der Waals surface area contributed by atoms with E-state index < -0.39 is 15.9 Å². The smallest absolute Gasteiger partial charge is 0.274 e. The first-order valence-corrected chi connectivity index (χ1v) is 7.64. The number of pyridine rings is 1. The minimum absolute atomic E-state index is 0.252. The maximum absolute atomic E-state index is 12.0. The molecule has 0 radical (unpaired) electrons. The van der Waals surface area contributed by atoms with Crippen molar-refractivity contribution in [2.45, 2.75) is 0 Å². The molecule has 0 saturated heterocycles. The van der Waals surface area contributed by atoms with Gasteiger partial charge >= 0.3 is 0 Å². The average Bonchev–Trinajstić information content (AvgIpc) is 2.40. The van der Waals surface area contributed by atoms with Crippen LogP contribution in [0, 0.1) is 0 Å². The highest BCUT2D eigenvalue weighted by molar-refractivity contribution is 7.92. The van der Waals surface area contributed by atoms with E-state index in [-0.39, 0.29) is 5.69 Å². The number of benzene rings is 1. The molecule has 0 aliphatic heterocycles. The van der Waals surface area contributed by atoms with Crippen LogP contribution in [-0.4, -0.2) is 25.6 Å². The van der Waals surface area contributed by atoms with Crippen LogP contribution < -0.4 is 10.0 Å². The van der Waals surface area contributed by atoms with Gasteiger partial charge in [0.2, 0.25) is 10.0 Å². The number of aromatic nitrogens is 1. The highest BCUT2D eigenvalue weighted by Crippen LogP contribution is 2.22. The molecule has 0 aliphatic rings. The number of para-hydroxylation sites is 2. The quantitative estimate of drug-likeness (QED) is 0.897. The van der Waals surface area contributed by atoms with Crippen LogP contribution in [0.1, 0.15) is 10.5 Å². The van der Waals surface area contributed by atoms with Crippen LogP contribution in [0.5, 0.6) is 0 Å². The molecule has 0 aliphatic carbocycles. The second kappa shape index (κ2) is 5.70. The number of hydrogen-bond donors (Lipinski definition) is 2. The van der Waals surface area contributed by atoms with Gasteiger partial charge in [-0.1, -0.05) is 18.2 Å². The summed E-state index contributed by atoms with van der Waals surface area (Å²) in [4.78, 5) is 15.9. The molecule has 1 aromatic heterocycles. The zero-order chi connectivity index (χ0) is 14.6. The van der Waals surface area contributed by atoms with Gasteiger partial charge in [0.25, 0.3) is 5.91 Å². The molecule has 6 nitrogen and oxygen atoms in total. The molecule has 0 spiro atoms. The van der Waals surface area contributed by atoms with Crippen molar-refractivity contribution in [1.29, 1.82) is 0 Å². The molecule has 0 saturated carbocycles. The van der Waals surface area contributed by atoms with Crippen molar-refractivity contribution in [3.8, 4) is 0 Å². The predicted octanol–water partition coefficient (Wildman–Crippen LogP) is 1.71. The van der Waals surface area contributed by atoms with E-state index >= 15 is 0 Å². The molecular formula is C13H13N3O3S. The number of carbonyl (C=O) groups is 1. The van der Waals surface area contributed by atoms with Crippen molar-refractivity contribution >= 4 is 27.3 Å². The third-order valence-corrected chi connectivity index (χ3v) is 2.96. The first-order valence-electron chi connectivity index (χ1n) is 5.75. The van der Waals surface area contributed by atoms with E-state index in [4.69, 9.17) is 0 Å². The molecule has 20 heavy (non-hydrogen) atoms. The summed E-state index contributed by atoms with van der Waals surface area (Å²) in [5.74, 6) is -0.409. The fraction of sp³-hybridized carbons (Fsp3) is 0.0769. The standard InChI is InChI=1S/C13H13N3O3S/c1-20(18,19)16-11-7-3-2-6-10(11)15-13(17)12-8-4-5-9-14-12/h2-9,16H,1H3,(H,15,17). The number of nitrogens with zero attached hydrogens (tertiary/aromatic N) is 1. The average molecular weight is 291 g/mol. The summed E-state index contributed by atoms with van der Waals surface area (Å²) in [5, 5.41) is 2.62. The Morgan fingerprint density at radius 3 is 2.30 bits per heavy atom. The van der Waals surface area contributed by atoms with Crippen LogP contribution in [-0.2, 0) is 10.0 Å². The van der Waals surface area contributed by atoms with Gasteiger partial charge in [0, 0.05) is 6.20 Å². The maximum atomic E-state index is 12.0. The van der Waals surface area contributed by atoms with E-state index in [1.54, 1.807) is 42.5 Å². The van der Waals surface area contributed by atoms with Crippen molar-refractivity contribution in [3.63, 3.8) is 0 Å². The van der Waals surface area contributed by atoms with Gasteiger partial charge in [0.05, 0.1) is 17.6 Å². The van der Waals surface area contributed by atoms with Crippen molar-refractivity contribution in [3.05, 3.63) is 54.4 Å². The molecule has 1 heterocycles. The number of hydrogen-bond acceptors (Lipinski definition) is 4. The molecule has 2 aromatic rings. The molecule has 0 unspecified atom stereocenters. The van der Waals surface area contributed by atoms with Gasteiger partial charge in [-0.25, -0.2) is 8.42 Å². The minimum atomic E-state index is -3.42. The lowest BCUT2D eigenvalue weighted by atomic mass is 10.2. The SMILES string of the molecule is CS(=O)(=O)Nc1ccccc1NC(=O)c1ccccn1. The van der Waals surface area contributed by atoms with Crippen molar-refractivity contribution in [1.82, 2.24) is 4.98 Å². The van der Waals surface area contributed by atoms with Crippen molar-refractivity contribution < 1.29 is 13.2 Å². The van der Waals surface area contributed by atoms with Gasteiger partial charge in [-0.3, -0.25) is 14.5 Å². The Bertz CT molecular complexity index is 715. The molecule has 0 bridgehead atoms. The Balaban J connectivity index is 2.24. The Hall–Kier alpha value is -2.41. The molecule has 7 heteroatoms. The van der Waals surface area contributed by atoms with Gasteiger partial charge in [-0.05, 0) is 24.3 Å². The minimum Gasteiger partial charge on any atom is -0.319 e. The molecule has 1 amide bonds. The van der Waals surface area contributed by atoms with Crippen LogP contribution >= 0.6 is 0 Å². The van der Waals surface area contributed by atoms with E-state index in [1.165, 1.54) is 6.20 Å². The Morgan fingerprint density at radius 1 is 1.05 bits per heavy atom. The zero-order valence-corrected chi connectivity index (χ0v) is 11.5. The summed E-state index contributed by atoms with van der Waals surface area (Å²) in [5.41, 5.74) is 0.925. The number of amides is 1. The first kappa shape index (κ1) is 14.0. The van der Waals surface area contributed by atoms with Crippen molar-refractivity contribution in [2.24, 2.45) is 0 Å². The monoisotopic (exact) mass is 291 g/mol. The Kier molecular flexibility index (Phi) is 3.99. The largest absolute Gasteiger partial charge is 0.319 e. The number of carbonyl (C=O) groups excluding carboxylic acids is 1. The predicted molar refractivity (Wildman–Crippen MR) is 77.1 cm³/mol. The molecule has 104 valence electrons. The van der Waals surface area contributed by atoms with Crippen LogP contribution in [0.4, 0.5) is 11.4 Å². The van der Waals surface area contributed by atoms with Gasteiger partial charge in [0.1, 0.15) is 5.69 Å². The first-order chi connectivity index (χ1) is 9.46. The second-order valence-corrected chi connectivity index (χ2v) is 5.84. The molecule has 0 atom stereocenters. The third-order valence-electron chi connectivity index (χ3n) is 2.37. The van der Waals surface area contributed by atoms with E-state index in [1.807, 2.05) is 0 Å². The lowest BCUT2D eigenvalue weighted by molar-refractivity contribution is 0.102. The highest BCUT2D eigenvalue weighted by atomic mass is 32.2. The van der Waals surface area contributed by atoms with Gasteiger partial charge in [-0.15, -0.1) is 0 Å². The summed E-state index contributed by atoms with van der Waals surface area (Å²) < 4.78 is 24.9. The number of nitrogens with one attached hydrogen (secondary N) is 2. The number of sulfonamides is 1. The third kappa shape index (κ3) is 3.79. The van der Waals surface area contributed by atoms with Crippen LogP contribution in [0.3, 0.4) is 0 Å². The van der Waals surface area contributed by atoms with E-state index in [9.17, 15) is 13.2 Å². The van der Waals surface area contributed by atoms with Crippen LogP contribution in [0.25, 0.3) is 0 Å². The number of anilines is 2. The van der Waals surface area contributed by atoms with E-state index in [0.717, 1.165) is 6.26 Å². The van der Waals surface area contributed by atoms with Gasteiger partial charge in [0.15, 0.2) is 0 Å². The molecule has 2 N–H and O–H groups in total. The summed E-state index contributed by atoms with van der Waals surface area (Å²) in [6.45, 7) is 0. The fourth-order valence-electron chi connectivity index (χ4n) is 1.56. The summed E-state index contributed by atoms with van der Waals surface area (Å²) >= 11 is 0. The maximum Gasteiger partial charge on any atom is 0.274 e. The summed E-state index contributed by atoms with van der Waals surface area (Å²) in [6, 6.07) is 11.5. The normalized spacial score (nSPS) is 10.8. The van der Waals surface area contributed by atoms with Gasteiger partial charge in [-0.2, -0.15) is 0 Å². The molecule has 1 aromatic carbocycles. The van der Waals surface area contributed by atoms with Crippen LogP contribution in [0.15, 0.2) is 48.7 Å². The fourth-order valence-corrected chi connectivity index (χ4v) is 2.14. The Labute approximate surface area is 116 Å². The highest BCUT2D eigenvalue weighted by Gasteiger charge is 2.11. The molecule has 0 fully saturated rings. The topological polar surface area (TPSA) is 88.2 Å². The van der Waals surface area contributed by atoms with Crippen LogP contribution in [0.2, 0.25) is 0 Å². The molecular weight excluding hydrogens is 278 g/mol. The van der Waals surface area contributed by atoms with Gasteiger partial charge < -0.3 is 5.32 Å². The number of rotatable bonds is 4. The Morgan fingerprint density at radius 2 is 1.70 bits per heavy atom. The van der Waals surface area contributed by atoms with Crippen molar-refractivity contribution in [2.75, 3.05) is 16.3 Å². The lowest BCUT2D eigenvalue weighted by Gasteiger charge is -2.11. The van der Waals surface area contributed by atoms with E-state index in [0.29, 0.717) is 11.4 Å². The second-order valence-electron chi connectivity index (χ2n) is 4.09. The summed E-state index contributed by atoms with van der Waals surface area (Å²) in [7, 11) is -3.42. The van der Waals surface area contributed by atoms with E-state index in [2.05, 4.69) is 15.0 Å². The zero-order valence-electron chi connectivity index (χ0n) is 10.7. The molecule has 2 rings (SSSR count). The summed E-state index contributed by atoms with van der Waals surface area (Å²) in [6.07, 6.45) is 2.56. The lowest BCUT2D eigenvalue weighted by Crippen LogP contribution is -2.16.